The van der Waals surface area contributed by atoms with Crippen LogP contribution in [0.4, 0.5) is 5.82 Å². The third kappa shape index (κ3) is 4.61. The molecular formula is C29H29ClN3O3+. The molecule has 0 spiro atoms. The molecule has 0 radical (unpaired) electrons. The zero-order valence-electron chi connectivity index (χ0n) is 20.6. The molecule has 3 heterocycles. The van der Waals surface area contributed by atoms with E-state index in [0.29, 0.717) is 46.5 Å². The van der Waals surface area contributed by atoms with Gasteiger partial charge in [0.25, 0.3) is 5.82 Å². The Labute approximate surface area is 215 Å². The Balaban J connectivity index is 1.58. The minimum absolute atomic E-state index is 0.0200. The van der Waals surface area contributed by atoms with Crippen molar-refractivity contribution in [2.24, 2.45) is 11.3 Å². The van der Waals surface area contributed by atoms with E-state index in [4.69, 9.17) is 16.0 Å². The Morgan fingerprint density at radius 3 is 2.72 bits per heavy atom. The quantitative estimate of drug-likeness (QED) is 0.470. The third-order valence-corrected chi connectivity index (χ3v) is 7.04. The van der Waals surface area contributed by atoms with Crippen molar-refractivity contribution >= 4 is 29.1 Å². The van der Waals surface area contributed by atoms with E-state index in [1.54, 1.807) is 6.07 Å². The molecule has 2 atom stereocenters. The largest absolute Gasteiger partial charge is 0.460 e. The lowest BCUT2D eigenvalue weighted by Gasteiger charge is -2.41. The number of H-pyrrole nitrogens is 1. The summed E-state index contributed by atoms with van der Waals surface area (Å²) in [7, 11) is 0. The molecule has 7 heteroatoms. The molecule has 2 aromatic heterocycles. The van der Waals surface area contributed by atoms with E-state index in [1.807, 2.05) is 55.6 Å². The topological polar surface area (TPSA) is 85.5 Å². The second-order valence-corrected chi connectivity index (χ2v) is 10.9. The van der Waals surface area contributed by atoms with Gasteiger partial charge in [0.2, 0.25) is 0 Å². The van der Waals surface area contributed by atoms with Crippen LogP contribution in [0.3, 0.4) is 0 Å². The Morgan fingerprint density at radius 1 is 1.19 bits per heavy atom. The first-order valence-electron chi connectivity index (χ1n) is 12.0. The van der Waals surface area contributed by atoms with Crippen LogP contribution in [0.15, 0.2) is 82.7 Å². The fourth-order valence-corrected chi connectivity index (χ4v) is 5.36. The summed E-state index contributed by atoms with van der Waals surface area (Å²) >= 11 is 6.19. The van der Waals surface area contributed by atoms with Crippen LogP contribution in [0.2, 0.25) is 5.02 Å². The number of carbonyl (C=O) groups excluding carboxylic acids is 2. The van der Waals surface area contributed by atoms with E-state index in [0.717, 1.165) is 16.8 Å². The van der Waals surface area contributed by atoms with Crippen molar-refractivity contribution in [2.45, 2.75) is 39.5 Å². The molecule has 1 aliphatic heterocycles. The molecule has 3 N–H and O–H groups in total. The lowest BCUT2D eigenvalue weighted by Crippen LogP contribution is -2.45. The molecule has 0 bridgehead atoms. The van der Waals surface area contributed by atoms with E-state index in [1.165, 1.54) is 0 Å². The molecule has 2 aliphatic rings. The molecule has 6 nitrogen and oxygen atoms in total. The highest BCUT2D eigenvalue weighted by atomic mass is 35.5. The fourth-order valence-electron chi connectivity index (χ4n) is 5.17. The highest BCUT2D eigenvalue weighted by Gasteiger charge is 2.48. The Hall–Kier alpha value is -3.64. The number of carbonyl (C=O) groups is 2. The Morgan fingerprint density at radius 2 is 2.00 bits per heavy atom. The average Bonchev–Trinajstić information content (AvgIpc) is 3.29. The zero-order chi connectivity index (χ0) is 25.6. The summed E-state index contributed by atoms with van der Waals surface area (Å²) in [5.41, 5.74) is 3.63. The van der Waals surface area contributed by atoms with Gasteiger partial charge in [-0.15, -0.1) is 0 Å². The molecule has 36 heavy (non-hydrogen) atoms. The number of hydrogen-bond acceptors (Lipinski definition) is 4. The summed E-state index contributed by atoms with van der Waals surface area (Å²) in [6.07, 6.45) is 2.90. The van der Waals surface area contributed by atoms with Crippen LogP contribution >= 0.6 is 11.6 Å². The molecule has 1 aromatic carbocycles. The maximum Gasteiger partial charge on any atom is 0.317 e. The van der Waals surface area contributed by atoms with Crippen LogP contribution in [-0.4, -0.2) is 11.7 Å². The number of Topliss-reactive ketones (excluding diaryl/α,β-unsaturated/α-hetero) is 1. The second kappa shape index (κ2) is 9.10. The van der Waals surface area contributed by atoms with E-state index in [-0.39, 0.29) is 17.1 Å². The number of hydrogen-bond donors (Lipinski definition) is 2. The molecule has 1 aliphatic carbocycles. The summed E-state index contributed by atoms with van der Waals surface area (Å²) in [5, 5.41) is 6.86. The number of benzene rings is 1. The van der Waals surface area contributed by atoms with Gasteiger partial charge in [0.1, 0.15) is 17.4 Å². The van der Waals surface area contributed by atoms with Gasteiger partial charge in [0.15, 0.2) is 5.78 Å². The van der Waals surface area contributed by atoms with Crippen LogP contribution in [-0.2, 0) is 9.59 Å². The number of amides is 1. The van der Waals surface area contributed by atoms with Gasteiger partial charge < -0.3 is 9.73 Å². The van der Waals surface area contributed by atoms with Crippen LogP contribution in [0, 0.1) is 18.3 Å². The van der Waals surface area contributed by atoms with Gasteiger partial charge in [-0.3, -0.25) is 4.79 Å². The van der Waals surface area contributed by atoms with Crippen molar-refractivity contribution in [1.82, 2.24) is 5.32 Å². The average molecular weight is 503 g/mol. The Kier molecular flexibility index (Phi) is 6.08. The van der Waals surface area contributed by atoms with E-state index in [9.17, 15) is 9.59 Å². The molecule has 0 saturated carbocycles. The molecule has 0 fully saturated rings. The monoisotopic (exact) mass is 502 g/mol. The molecule has 5 rings (SSSR count). The van der Waals surface area contributed by atoms with Crippen molar-refractivity contribution in [3.05, 3.63) is 94.6 Å². The summed E-state index contributed by atoms with van der Waals surface area (Å²) in [6, 6.07) is 14.8. The van der Waals surface area contributed by atoms with Gasteiger partial charge in [-0.2, -0.15) is 0 Å². The number of aromatic nitrogens is 1. The van der Waals surface area contributed by atoms with Gasteiger partial charge in [0, 0.05) is 40.0 Å². The lowest BCUT2D eigenvalue weighted by atomic mass is 9.67. The molecule has 184 valence electrons. The first-order chi connectivity index (χ1) is 17.1. The van der Waals surface area contributed by atoms with Gasteiger partial charge in [-0.05, 0) is 54.7 Å². The van der Waals surface area contributed by atoms with E-state index < -0.39 is 11.8 Å². The Bertz CT molecular complexity index is 1400. The summed E-state index contributed by atoms with van der Waals surface area (Å²) in [6.45, 7) is 10.3. The lowest BCUT2D eigenvalue weighted by molar-refractivity contribution is -0.361. The molecule has 2 unspecified atom stereocenters. The van der Waals surface area contributed by atoms with Crippen molar-refractivity contribution in [1.29, 1.82) is 0 Å². The number of nitrogens with one attached hydrogen (secondary N) is 3. The number of aromatic amines is 1. The summed E-state index contributed by atoms with van der Waals surface area (Å²) < 4.78 is 6.31. The number of pyridine rings is 1. The van der Waals surface area contributed by atoms with Crippen molar-refractivity contribution in [2.75, 3.05) is 5.32 Å². The standard InChI is InChI=1S/C29H28ClN3O3/c1-16-8-11-24(31-15-16)33-28(35)25-17(2)32-20-13-29(3,4)14-21(34)26(20)27(25)23-10-9-22(36-23)18-6-5-7-19(30)12-18/h5-12,15,25,27,32H,2,13-14H2,1,3-4H3,(H,31,33,35)/p+1. The number of anilines is 1. The number of aryl methyl sites for hydroxylation is 1. The summed E-state index contributed by atoms with van der Waals surface area (Å²) in [5.74, 6) is 0.119. The highest BCUT2D eigenvalue weighted by Crippen LogP contribution is 2.48. The van der Waals surface area contributed by atoms with Gasteiger partial charge in [-0.25, -0.2) is 15.1 Å². The molecule has 3 aromatic rings. The fraction of sp³-hybridized carbons (Fsp3) is 0.276. The summed E-state index contributed by atoms with van der Waals surface area (Å²) in [4.78, 5) is 30.2. The minimum Gasteiger partial charge on any atom is -0.460 e. The minimum atomic E-state index is -0.748. The zero-order valence-corrected chi connectivity index (χ0v) is 21.3. The van der Waals surface area contributed by atoms with Crippen LogP contribution in [0.25, 0.3) is 11.3 Å². The maximum absolute atomic E-state index is 13.7. The second-order valence-electron chi connectivity index (χ2n) is 10.4. The number of furan rings is 1. The first kappa shape index (κ1) is 24.1. The molecular weight excluding hydrogens is 474 g/mol. The predicted octanol–water partition coefficient (Wildman–Crippen LogP) is 5.82. The highest BCUT2D eigenvalue weighted by molar-refractivity contribution is 6.30. The van der Waals surface area contributed by atoms with Gasteiger partial charge >= 0.3 is 5.91 Å². The van der Waals surface area contributed by atoms with Crippen LogP contribution in [0.1, 0.15) is 43.9 Å². The number of allylic oxidation sites excluding steroid dienone is 2. The third-order valence-electron chi connectivity index (χ3n) is 6.80. The van der Waals surface area contributed by atoms with Crippen LogP contribution in [0.5, 0.6) is 0 Å². The predicted molar refractivity (Wildman–Crippen MR) is 139 cm³/mol. The smallest absolute Gasteiger partial charge is 0.317 e. The van der Waals surface area contributed by atoms with Crippen molar-refractivity contribution < 1.29 is 19.0 Å². The van der Waals surface area contributed by atoms with Crippen molar-refractivity contribution in [3.63, 3.8) is 0 Å². The number of halogens is 1. The van der Waals surface area contributed by atoms with Crippen molar-refractivity contribution in [3.8, 4) is 11.3 Å². The van der Waals surface area contributed by atoms with Gasteiger partial charge in [0.05, 0.1) is 12.1 Å². The number of ketones is 1. The molecule has 0 saturated heterocycles. The van der Waals surface area contributed by atoms with Gasteiger partial charge in [-0.1, -0.05) is 44.2 Å². The number of rotatable bonds is 4. The first-order valence-corrected chi connectivity index (χ1v) is 12.4. The maximum atomic E-state index is 13.7. The normalized spacial score (nSPS) is 21.1. The van der Waals surface area contributed by atoms with Crippen LogP contribution < -0.4 is 15.6 Å². The SMILES string of the molecule is C=C1NC2=C(C(=O)CC(C)(C)C2)C(c2ccc(-c3cccc(Cl)c3)o2)C1C(=O)Nc1ccc(C)c[nH+]1. The van der Waals surface area contributed by atoms with E-state index in [2.05, 4.69) is 36.0 Å². The molecule has 1 amide bonds. The van der Waals surface area contributed by atoms with E-state index >= 15 is 0 Å².